The molecule has 1 aliphatic rings. The highest BCUT2D eigenvalue weighted by Gasteiger charge is 2.23. The summed E-state index contributed by atoms with van der Waals surface area (Å²) in [4.78, 5) is 9.25. The van der Waals surface area contributed by atoms with Gasteiger partial charge in [0.25, 0.3) is 0 Å². The molecule has 1 saturated carbocycles. The van der Waals surface area contributed by atoms with Crippen molar-refractivity contribution in [2.75, 3.05) is 0 Å². The number of imidazole rings is 1. The molecule has 2 unspecified atom stereocenters. The molecule has 0 radical (unpaired) electrons. The van der Waals surface area contributed by atoms with Gasteiger partial charge in [-0.3, -0.25) is 0 Å². The maximum Gasteiger partial charge on any atom is 0.160 e. The van der Waals surface area contributed by atoms with Crippen LogP contribution < -0.4 is 0 Å². The summed E-state index contributed by atoms with van der Waals surface area (Å²) in [7, 11) is 0. The Morgan fingerprint density at radius 3 is 2.84 bits per heavy atom. The molecule has 0 amide bonds. The van der Waals surface area contributed by atoms with Crippen molar-refractivity contribution in [3.05, 3.63) is 23.7 Å². The second-order valence-electron chi connectivity index (χ2n) is 5.85. The Labute approximate surface area is 119 Å². The molecule has 0 aliphatic heterocycles. The fourth-order valence-electron chi connectivity index (χ4n) is 3.19. The number of pyridine rings is 1. The average molecular weight is 278 g/mol. The molecule has 2 atom stereocenters. The highest BCUT2D eigenvalue weighted by atomic mass is 35.5. The smallest absolute Gasteiger partial charge is 0.160 e. The SMILES string of the molecule is Cc1ccc2nc(CCl)n(CC3CCC(C)C3)c2n1. The highest BCUT2D eigenvalue weighted by molar-refractivity contribution is 6.16. The summed E-state index contributed by atoms with van der Waals surface area (Å²) in [6.45, 7) is 5.38. The van der Waals surface area contributed by atoms with Crippen LogP contribution in [-0.2, 0) is 12.4 Å². The van der Waals surface area contributed by atoms with E-state index in [2.05, 4.69) is 21.5 Å². The first-order valence-electron chi connectivity index (χ1n) is 7.06. The summed E-state index contributed by atoms with van der Waals surface area (Å²) in [5, 5.41) is 0. The van der Waals surface area contributed by atoms with Gasteiger partial charge in [0.1, 0.15) is 11.3 Å². The standard InChI is InChI=1S/C15H20ClN3/c1-10-3-5-12(7-10)9-19-14(8-16)18-13-6-4-11(2)17-15(13)19/h4,6,10,12H,3,5,7-9H2,1-2H3. The van der Waals surface area contributed by atoms with Gasteiger partial charge in [0, 0.05) is 12.2 Å². The topological polar surface area (TPSA) is 30.7 Å². The molecule has 0 saturated heterocycles. The van der Waals surface area contributed by atoms with Crippen LogP contribution in [0, 0.1) is 18.8 Å². The van der Waals surface area contributed by atoms with Gasteiger partial charge in [0.05, 0.1) is 5.88 Å². The first-order chi connectivity index (χ1) is 9.17. The van der Waals surface area contributed by atoms with Gasteiger partial charge in [0.2, 0.25) is 0 Å². The third-order valence-corrected chi connectivity index (χ3v) is 4.41. The van der Waals surface area contributed by atoms with Gasteiger partial charge in [-0.15, -0.1) is 11.6 Å². The second kappa shape index (κ2) is 5.12. The molecule has 0 bridgehead atoms. The van der Waals surface area contributed by atoms with Crippen LogP contribution in [0.15, 0.2) is 12.1 Å². The van der Waals surface area contributed by atoms with Gasteiger partial charge in [-0.05, 0) is 43.7 Å². The third-order valence-electron chi connectivity index (χ3n) is 4.17. The van der Waals surface area contributed by atoms with E-state index in [0.717, 1.165) is 41.1 Å². The van der Waals surface area contributed by atoms with E-state index >= 15 is 0 Å². The zero-order chi connectivity index (χ0) is 13.4. The lowest BCUT2D eigenvalue weighted by Crippen LogP contribution is -2.11. The van der Waals surface area contributed by atoms with E-state index in [1.165, 1.54) is 19.3 Å². The number of aromatic nitrogens is 3. The average Bonchev–Trinajstić information content (AvgIpc) is 2.94. The Hall–Kier alpha value is -1.09. The first-order valence-corrected chi connectivity index (χ1v) is 7.59. The van der Waals surface area contributed by atoms with Crippen LogP contribution in [0.4, 0.5) is 0 Å². The monoisotopic (exact) mass is 277 g/mol. The minimum absolute atomic E-state index is 0.456. The zero-order valence-corrected chi connectivity index (χ0v) is 12.3. The van der Waals surface area contributed by atoms with Gasteiger partial charge in [-0.2, -0.15) is 0 Å². The van der Waals surface area contributed by atoms with Gasteiger partial charge in [-0.1, -0.05) is 13.3 Å². The van der Waals surface area contributed by atoms with Crippen LogP contribution >= 0.6 is 11.6 Å². The van der Waals surface area contributed by atoms with E-state index in [-0.39, 0.29) is 0 Å². The van der Waals surface area contributed by atoms with Crippen LogP contribution in [-0.4, -0.2) is 14.5 Å². The van der Waals surface area contributed by atoms with Crippen molar-refractivity contribution >= 4 is 22.8 Å². The van der Waals surface area contributed by atoms with E-state index < -0.39 is 0 Å². The highest BCUT2D eigenvalue weighted by Crippen LogP contribution is 2.32. The van der Waals surface area contributed by atoms with Crippen LogP contribution in [0.25, 0.3) is 11.2 Å². The van der Waals surface area contributed by atoms with E-state index in [0.29, 0.717) is 5.88 Å². The minimum atomic E-state index is 0.456. The zero-order valence-electron chi connectivity index (χ0n) is 11.6. The number of hydrogen-bond acceptors (Lipinski definition) is 2. The maximum absolute atomic E-state index is 6.05. The van der Waals surface area contributed by atoms with Crippen LogP contribution in [0.5, 0.6) is 0 Å². The number of fused-ring (bicyclic) bond motifs is 1. The first kappa shape index (κ1) is 12.9. The van der Waals surface area contributed by atoms with Crippen molar-refractivity contribution in [1.82, 2.24) is 14.5 Å². The summed E-state index contributed by atoms with van der Waals surface area (Å²) < 4.78 is 2.23. The molecule has 1 fully saturated rings. The van der Waals surface area contributed by atoms with Gasteiger partial charge in [0.15, 0.2) is 5.65 Å². The molecule has 1 aliphatic carbocycles. The lowest BCUT2D eigenvalue weighted by molar-refractivity contribution is 0.440. The van der Waals surface area contributed by atoms with Gasteiger partial charge in [-0.25, -0.2) is 9.97 Å². The van der Waals surface area contributed by atoms with Gasteiger partial charge >= 0.3 is 0 Å². The Morgan fingerprint density at radius 2 is 2.16 bits per heavy atom. The van der Waals surface area contributed by atoms with E-state index in [1.807, 2.05) is 19.1 Å². The summed E-state index contributed by atoms with van der Waals surface area (Å²) in [5.74, 6) is 3.01. The Morgan fingerprint density at radius 1 is 1.32 bits per heavy atom. The molecular weight excluding hydrogens is 258 g/mol. The quantitative estimate of drug-likeness (QED) is 0.796. The molecule has 19 heavy (non-hydrogen) atoms. The second-order valence-corrected chi connectivity index (χ2v) is 6.12. The molecule has 102 valence electrons. The molecule has 0 spiro atoms. The molecule has 3 nitrogen and oxygen atoms in total. The van der Waals surface area contributed by atoms with Crippen LogP contribution in [0.1, 0.15) is 37.7 Å². The predicted molar refractivity (Wildman–Crippen MR) is 78.3 cm³/mol. The minimum Gasteiger partial charge on any atom is -0.311 e. The maximum atomic E-state index is 6.05. The molecule has 0 N–H and O–H groups in total. The number of hydrogen-bond donors (Lipinski definition) is 0. The Kier molecular flexibility index (Phi) is 3.48. The Balaban J connectivity index is 1.98. The number of alkyl halides is 1. The summed E-state index contributed by atoms with van der Waals surface area (Å²) in [6, 6.07) is 4.05. The number of rotatable bonds is 3. The van der Waals surface area contributed by atoms with E-state index in [9.17, 15) is 0 Å². The summed E-state index contributed by atoms with van der Waals surface area (Å²) in [5.41, 5.74) is 3.00. The molecule has 0 aromatic carbocycles. The van der Waals surface area contributed by atoms with Crippen LogP contribution in [0.2, 0.25) is 0 Å². The molecule has 2 heterocycles. The largest absolute Gasteiger partial charge is 0.311 e. The van der Waals surface area contributed by atoms with Gasteiger partial charge < -0.3 is 4.57 Å². The molecule has 4 heteroatoms. The third kappa shape index (κ3) is 2.48. The lowest BCUT2D eigenvalue weighted by Gasteiger charge is -2.13. The number of aryl methyl sites for hydroxylation is 1. The lowest BCUT2D eigenvalue weighted by atomic mass is 10.1. The van der Waals surface area contributed by atoms with Crippen molar-refractivity contribution in [3.63, 3.8) is 0 Å². The van der Waals surface area contributed by atoms with Crippen molar-refractivity contribution in [1.29, 1.82) is 0 Å². The summed E-state index contributed by atoms with van der Waals surface area (Å²) >= 11 is 6.05. The fourth-order valence-corrected chi connectivity index (χ4v) is 3.39. The predicted octanol–water partition coefficient (Wildman–Crippen LogP) is 3.91. The molecule has 2 aromatic rings. The number of nitrogens with zero attached hydrogens (tertiary/aromatic N) is 3. The van der Waals surface area contributed by atoms with Crippen molar-refractivity contribution in [2.24, 2.45) is 11.8 Å². The van der Waals surface area contributed by atoms with Crippen molar-refractivity contribution in [2.45, 2.75) is 45.5 Å². The van der Waals surface area contributed by atoms with Crippen molar-refractivity contribution in [3.8, 4) is 0 Å². The Bertz CT molecular complexity index is 590. The van der Waals surface area contributed by atoms with E-state index in [4.69, 9.17) is 11.6 Å². The number of halogens is 1. The molecule has 3 rings (SSSR count). The fraction of sp³-hybridized carbons (Fsp3) is 0.600. The van der Waals surface area contributed by atoms with Crippen LogP contribution in [0.3, 0.4) is 0 Å². The van der Waals surface area contributed by atoms with Crippen molar-refractivity contribution < 1.29 is 0 Å². The molecular formula is C15H20ClN3. The molecule has 2 aromatic heterocycles. The normalized spacial score (nSPS) is 23.3. The van der Waals surface area contributed by atoms with E-state index in [1.54, 1.807) is 0 Å². The summed E-state index contributed by atoms with van der Waals surface area (Å²) in [6.07, 6.45) is 3.97.